The van der Waals surface area contributed by atoms with E-state index >= 15 is 0 Å². The first-order valence-corrected chi connectivity index (χ1v) is 6.40. The molecule has 1 atom stereocenters. The molecule has 2 nitrogen and oxygen atoms in total. The van der Waals surface area contributed by atoms with E-state index in [1.54, 1.807) is 6.07 Å². The van der Waals surface area contributed by atoms with Crippen molar-refractivity contribution in [2.24, 2.45) is 0 Å². The fraction of sp³-hybridized carbons (Fsp3) is 0.250. The van der Waals surface area contributed by atoms with Gasteiger partial charge in [0.1, 0.15) is 12.3 Å². The second kappa shape index (κ2) is 6.22. The van der Waals surface area contributed by atoms with Gasteiger partial charge in [-0.25, -0.2) is 0 Å². The predicted octanol–water partition coefficient (Wildman–Crippen LogP) is 2.09. The quantitative estimate of drug-likeness (QED) is 0.827. The zero-order chi connectivity index (χ0) is 12.8. The van der Waals surface area contributed by atoms with Gasteiger partial charge in [0.25, 0.3) is 0 Å². The molecule has 2 aromatic rings. The molecular formula is C16H20NO+. The third-order valence-corrected chi connectivity index (χ3v) is 3.13. The molecule has 0 spiro atoms. The molecule has 0 amide bonds. The van der Waals surface area contributed by atoms with Gasteiger partial charge in [-0.05, 0) is 24.6 Å². The largest absolute Gasteiger partial charge is 0.507 e. The number of para-hydroxylation sites is 1. The van der Waals surface area contributed by atoms with Crippen molar-refractivity contribution in [2.75, 3.05) is 0 Å². The van der Waals surface area contributed by atoms with E-state index in [1.807, 2.05) is 24.3 Å². The summed E-state index contributed by atoms with van der Waals surface area (Å²) >= 11 is 0. The maximum Gasteiger partial charge on any atom is 0.124 e. The first-order chi connectivity index (χ1) is 8.75. The smallest absolute Gasteiger partial charge is 0.124 e. The van der Waals surface area contributed by atoms with Crippen LogP contribution < -0.4 is 5.32 Å². The van der Waals surface area contributed by atoms with Crippen LogP contribution in [-0.4, -0.2) is 11.1 Å². The van der Waals surface area contributed by atoms with E-state index in [1.165, 1.54) is 5.56 Å². The van der Waals surface area contributed by atoms with Gasteiger partial charge in [0.2, 0.25) is 0 Å². The molecule has 0 aliphatic heterocycles. The molecule has 0 saturated heterocycles. The number of hydrogen-bond donors (Lipinski definition) is 2. The molecule has 0 aromatic heterocycles. The Labute approximate surface area is 108 Å². The van der Waals surface area contributed by atoms with Gasteiger partial charge in [-0.3, -0.25) is 0 Å². The van der Waals surface area contributed by atoms with E-state index in [0.717, 1.165) is 18.5 Å². The lowest BCUT2D eigenvalue weighted by Gasteiger charge is -2.11. The lowest BCUT2D eigenvalue weighted by Crippen LogP contribution is -2.88. The normalized spacial score (nSPS) is 12.3. The molecule has 18 heavy (non-hydrogen) atoms. The van der Waals surface area contributed by atoms with E-state index in [-0.39, 0.29) is 0 Å². The van der Waals surface area contributed by atoms with Gasteiger partial charge >= 0.3 is 0 Å². The van der Waals surface area contributed by atoms with Crippen LogP contribution in [-0.2, 0) is 13.0 Å². The third kappa shape index (κ3) is 3.60. The first-order valence-electron chi connectivity index (χ1n) is 6.40. The van der Waals surface area contributed by atoms with E-state index in [4.69, 9.17) is 0 Å². The van der Waals surface area contributed by atoms with Crippen LogP contribution in [0.3, 0.4) is 0 Å². The van der Waals surface area contributed by atoms with Crippen molar-refractivity contribution in [1.29, 1.82) is 0 Å². The second-order valence-electron chi connectivity index (χ2n) is 4.74. The topological polar surface area (TPSA) is 36.8 Å². The maximum absolute atomic E-state index is 9.69. The maximum atomic E-state index is 9.69. The molecule has 2 aromatic carbocycles. The van der Waals surface area contributed by atoms with E-state index in [9.17, 15) is 5.11 Å². The highest BCUT2D eigenvalue weighted by Crippen LogP contribution is 2.13. The van der Waals surface area contributed by atoms with Crippen LogP contribution in [0.2, 0.25) is 0 Å². The van der Waals surface area contributed by atoms with Crippen molar-refractivity contribution in [3.05, 3.63) is 65.7 Å². The molecule has 0 fully saturated rings. The Bertz CT molecular complexity index is 481. The lowest BCUT2D eigenvalue weighted by molar-refractivity contribution is -0.701. The van der Waals surface area contributed by atoms with Crippen molar-refractivity contribution in [1.82, 2.24) is 0 Å². The van der Waals surface area contributed by atoms with Crippen LogP contribution >= 0.6 is 0 Å². The minimum Gasteiger partial charge on any atom is -0.507 e. The number of aromatic hydroxyl groups is 1. The molecule has 0 aliphatic carbocycles. The number of rotatable bonds is 5. The SMILES string of the molecule is C[C@H](Cc1ccccc1)[NH2+]Cc1ccccc1O. The number of phenols is 1. The van der Waals surface area contributed by atoms with Crippen LogP contribution in [0.4, 0.5) is 0 Å². The van der Waals surface area contributed by atoms with Crippen LogP contribution in [0, 0.1) is 0 Å². The summed E-state index contributed by atoms with van der Waals surface area (Å²) in [5.41, 5.74) is 2.36. The Morgan fingerprint density at radius 3 is 2.39 bits per heavy atom. The van der Waals surface area contributed by atoms with Crippen molar-refractivity contribution in [3.63, 3.8) is 0 Å². The highest BCUT2D eigenvalue weighted by Gasteiger charge is 2.08. The third-order valence-electron chi connectivity index (χ3n) is 3.13. The zero-order valence-corrected chi connectivity index (χ0v) is 10.7. The second-order valence-corrected chi connectivity index (χ2v) is 4.74. The summed E-state index contributed by atoms with van der Waals surface area (Å²) in [5.74, 6) is 0.390. The molecule has 2 rings (SSSR count). The van der Waals surface area contributed by atoms with E-state index in [2.05, 4.69) is 36.5 Å². The Morgan fingerprint density at radius 1 is 1.00 bits per heavy atom. The lowest BCUT2D eigenvalue weighted by atomic mass is 10.1. The van der Waals surface area contributed by atoms with Gasteiger partial charge in [-0.2, -0.15) is 0 Å². The van der Waals surface area contributed by atoms with Gasteiger partial charge in [0, 0.05) is 12.0 Å². The molecule has 0 unspecified atom stereocenters. The highest BCUT2D eigenvalue weighted by atomic mass is 16.3. The summed E-state index contributed by atoms with van der Waals surface area (Å²) < 4.78 is 0. The van der Waals surface area contributed by atoms with Gasteiger partial charge in [-0.15, -0.1) is 0 Å². The van der Waals surface area contributed by atoms with E-state index in [0.29, 0.717) is 11.8 Å². The standard InChI is InChI=1S/C16H19NO/c1-13(11-14-7-3-2-4-8-14)17-12-15-9-5-6-10-16(15)18/h2-10,13,17-18H,11-12H2,1H3/p+1/t13-/m1/s1. The molecule has 0 aliphatic rings. The summed E-state index contributed by atoms with van der Waals surface area (Å²) in [4.78, 5) is 0. The van der Waals surface area contributed by atoms with Gasteiger partial charge in [-0.1, -0.05) is 42.5 Å². The Morgan fingerprint density at radius 2 is 1.67 bits per heavy atom. The van der Waals surface area contributed by atoms with Crippen molar-refractivity contribution < 1.29 is 10.4 Å². The number of benzene rings is 2. The number of phenolic OH excluding ortho intramolecular Hbond substituents is 1. The minimum absolute atomic E-state index is 0.390. The van der Waals surface area contributed by atoms with Crippen LogP contribution in [0.1, 0.15) is 18.1 Å². The van der Waals surface area contributed by atoms with E-state index < -0.39 is 0 Å². The Kier molecular flexibility index (Phi) is 4.37. The fourth-order valence-electron chi connectivity index (χ4n) is 2.08. The molecule has 0 heterocycles. The molecule has 0 bridgehead atoms. The van der Waals surface area contributed by atoms with Crippen molar-refractivity contribution in [3.8, 4) is 5.75 Å². The molecule has 3 N–H and O–H groups in total. The summed E-state index contributed by atoms with van der Waals surface area (Å²) in [7, 11) is 0. The number of quaternary nitrogens is 1. The molecule has 0 saturated carbocycles. The Hall–Kier alpha value is -1.80. The molecule has 2 heteroatoms. The van der Waals surface area contributed by atoms with Crippen LogP contribution in [0.15, 0.2) is 54.6 Å². The average molecular weight is 242 g/mol. The summed E-state index contributed by atoms with van der Waals surface area (Å²) in [5, 5.41) is 12.0. The average Bonchev–Trinajstić information content (AvgIpc) is 2.39. The fourth-order valence-corrected chi connectivity index (χ4v) is 2.08. The van der Waals surface area contributed by atoms with Crippen molar-refractivity contribution in [2.45, 2.75) is 25.9 Å². The predicted molar refractivity (Wildman–Crippen MR) is 73.3 cm³/mol. The van der Waals surface area contributed by atoms with Crippen LogP contribution in [0.5, 0.6) is 5.75 Å². The number of nitrogens with two attached hydrogens (primary N) is 1. The molecule has 94 valence electrons. The molecular weight excluding hydrogens is 222 g/mol. The van der Waals surface area contributed by atoms with Crippen LogP contribution in [0.25, 0.3) is 0 Å². The first kappa shape index (κ1) is 12.7. The summed E-state index contributed by atoms with van der Waals surface area (Å²) in [6.07, 6.45) is 1.05. The van der Waals surface area contributed by atoms with Gasteiger partial charge in [0.05, 0.1) is 6.04 Å². The summed E-state index contributed by atoms with van der Waals surface area (Å²) in [6.45, 7) is 3.04. The number of hydrogen-bond acceptors (Lipinski definition) is 1. The summed E-state index contributed by atoms with van der Waals surface area (Å²) in [6, 6.07) is 18.5. The zero-order valence-electron chi connectivity index (χ0n) is 10.7. The highest BCUT2D eigenvalue weighted by molar-refractivity contribution is 5.30. The monoisotopic (exact) mass is 242 g/mol. The Balaban J connectivity index is 1.86. The molecule has 0 radical (unpaired) electrons. The minimum atomic E-state index is 0.390. The van der Waals surface area contributed by atoms with Gasteiger partial charge < -0.3 is 10.4 Å². The van der Waals surface area contributed by atoms with Crippen molar-refractivity contribution >= 4 is 0 Å². The van der Waals surface area contributed by atoms with Gasteiger partial charge in [0.15, 0.2) is 0 Å².